The van der Waals surface area contributed by atoms with Crippen molar-refractivity contribution in [1.29, 1.82) is 0 Å². The Morgan fingerprint density at radius 2 is 1.79 bits per heavy atom. The van der Waals surface area contributed by atoms with E-state index < -0.39 is 10.4 Å². The van der Waals surface area contributed by atoms with Gasteiger partial charge < -0.3 is 19.9 Å². The highest BCUT2D eigenvalue weighted by atomic mass is 32.3. The molecule has 88 valence electrons. The quantitative estimate of drug-likeness (QED) is 0.316. The van der Waals surface area contributed by atoms with E-state index in [4.69, 9.17) is 22.6 Å². The van der Waals surface area contributed by atoms with Crippen molar-refractivity contribution in [2.24, 2.45) is 0 Å². The first kappa shape index (κ1) is 16.6. The van der Waals surface area contributed by atoms with Gasteiger partial charge in [0.2, 0.25) is 0 Å². The average molecular weight is 247 g/mol. The minimum Gasteiger partial charge on any atom is -0.759 e. The molecular weight excluding hydrogens is 230 g/mol. The molecule has 1 unspecified atom stereocenters. The maximum absolute atomic E-state index is 8.58. The number of hydrogen-bond donors (Lipinski definition) is 2. The van der Waals surface area contributed by atoms with Gasteiger partial charge >= 0.3 is 0 Å². The van der Waals surface area contributed by atoms with Gasteiger partial charge in [0.25, 0.3) is 0 Å². The van der Waals surface area contributed by atoms with Crippen molar-refractivity contribution in [3.8, 4) is 0 Å². The number of aliphatic hydroxyl groups excluding tert-OH is 1. The van der Waals surface area contributed by atoms with E-state index in [1.54, 1.807) is 0 Å². The Morgan fingerprint density at radius 3 is 2.00 bits per heavy atom. The van der Waals surface area contributed by atoms with Crippen LogP contribution >= 0.6 is 0 Å². The number of hydrogen-bond acceptors (Lipinski definition) is 5. The number of aliphatic hydroxyl groups is 1. The summed E-state index contributed by atoms with van der Waals surface area (Å²) < 4.78 is 34.1. The molecule has 0 aromatic heterocycles. The van der Waals surface area contributed by atoms with E-state index in [9.17, 15) is 0 Å². The van der Waals surface area contributed by atoms with E-state index >= 15 is 0 Å². The third kappa shape index (κ3) is 22.7. The van der Waals surface area contributed by atoms with Crippen molar-refractivity contribution in [2.45, 2.75) is 6.92 Å². The van der Waals surface area contributed by atoms with E-state index in [-0.39, 0.29) is 0 Å². The SMILES string of the molecule is CC[S+](CC[NH3+])CCO.O=S(=O)([O-])[O-]. The summed E-state index contributed by atoms with van der Waals surface area (Å²) in [7, 11) is -4.71. The van der Waals surface area contributed by atoms with Gasteiger partial charge in [-0.1, -0.05) is 0 Å². The molecule has 0 aromatic carbocycles. The molecule has 0 saturated heterocycles. The molecule has 0 aliphatic rings. The highest BCUT2D eigenvalue weighted by molar-refractivity contribution is 7.96. The zero-order valence-corrected chi connectivity index (χ0v) is 9.77. The van der Waals surface area contributed by atoms with Crippen LogP contribution in [0.25, 0.3) is 0 Å². The maximum atomic E-state index is 8.58. The maximum Gasteiger partial charge on any atom is 0.156 e. The van der Waals surface area contributed by atoms with Gasteiger partial charge in [0.15, 0.2) is 5.75 Å². The van der Waals surface area contributed by atoms with Crippen LogP contribution in [0.1, 0.15) is 6.92 Å². The van der Waals surface area contributed by atoms with E-state index in [1.807, 2.05) is 0 Å². The molecule has 0 heterocycles. The second-order valence-corrected chi connectivity index (χ2v) is 5.73. The number of rotatable bonds is 5. The Balaban J connectivity index is 0. The first-order valence-corrected chi connectivity index (χ1v) is 7.12. The van der Waals surface area contributed by atoms with Crippen LogP contribution in [0.15, 0.2) is 0 Å². The molecule has 0 saturated carbocycles. The molecule has 0 bridgehead atoms. The molecule has 0 radical (unpaired) electrons. The van der Waals surface area contributed by atoms with Crippen LogP contribution in [0, 0.1) is 0 Å². The van der Waals surface area contributed by atoms with Crippen molar-refractivity contribution < 1.29 is 28.4 Å². The first-order chi connectivity index (χ1) is 6.35. The third-order valence-electron chi connectivity index (χ3n) is 1.22. The Kier molecular flexibility index (Phi) is 11.5. The summed E-state index contributed by atoms with van der Waals surface area (Å²) in [6, 6.07) is 0. The molecule has 0 fully saturated rings. The van der Waals surface area contributed by atoms with Gasteiger partial charge in [0.05, 0.1) is 6.61 Å². The molecular formula is C6H17NO5S2. The molecule has 0 amide bonds. The second-order valence-electron chi connectivity index (χ2n) is 2.29. The molecule has 0 aliphatic carbocycles. The van der Waals surface area contributed by atoms with E-state index in [2.05, 4.69) is 12.7 Å². The summed E-state index contributed by atoms with van der Waals surface area (Å²) in [5.41, 5.74) is 3.78. The van der Waals surface area contributed by atoms with Crippen molar-refractivity contribution in [3.05, 3.63) is 0 Å². The fourth-order valence-electron chi connectivity index (χ4n) is 0.724. The van der Waals surface area contributed by atoms with Gasteiger partial charge in [-0.05, 0) is 17.8 Å². The fraction of sp³-hybridized carbons (Fsp3) is 1.00. The minimum absolute atomic E-state index is 0.344. The normalized spacial score (nSPS) is 12.9. The summed E-state index contributed by atoms with van der Waals surface area (Å²) in [6.45, 7) is 3.53. The minimum atomic E-state index is -5.17. The highest BCUT2D eigenvalue weighted by Crippen LogP contribution is 1.93. The van der Waals surface area contributed by atoms with E-state index in [0.717, 1.165) is 12.3 Å². The Hall–Kier alpha value is 0.140. The topological polar surface area (TPSA) is 128 Å². The summed E-state index contributed by atoms with van der Waals surface area (Å²) >= 11 is 0. The summed E-state index contributed by atoms with van der Waals surface area (Å²) in [5.74, 6) is 3.37. The molecule has 6 nitrogen and oxygen atoms in total. The average Bonchev–Trinajstić information content (AvgIpc) is 2.01. The van der Waals surface area contributed by atoms with Gasteiger partial charge in [0.1, 0.15) is 18.1 Å². The molecule has 0 aliphatic heterocycles. The molecule has 1 atom stereocenters. The van der Waals surface area contributed by atoms with Gasteiger partial charge in [-0.2, -0.15) is 0 Å². The summed E-state index contributed by atoms with van der Waals surface area (Å²) in [4.78, 5) is 0. The molecule has 0 spiro atoms. The van der Waals surface area contributed by atoms with Gasteiger partial charge in [-0.3, -0.25) is 8.42 Å². The standard InChI is InChI=1S/C6H16NOS.H2O4S/c1-2-9(5-3-7)6-4-8;1-5(2,3)4/h8H,2-7H2,1H3;(H2,1,2,3,4)/q+1;/p-1. The Bertz CT molecular complexity index is 192. The van der Waals surface area contributed by atoms with Crippen molar-refractivity contribution >= 4 is 21.3 Å². The van der Waals surface area contributed by atoms with Crippen molar-refractivity contribution in [3.63, 3.8) is 0 Å². The van der Waals surface area contributed by atoms with Gasteiger partial charge in [0, 0.05) is 10.4 Å². The predicted molar refractivity (Wildman–Crippen MR) is 53.0 cm³/mol. The lowest BCUT2D eigenvalue weighted by Gasteiger charge is -2.06. The van der Waals surface area contributed by atoms with Crippen molar-refractivity contribution in [1.82, 2.24) is 0 Å². The molecule has 8 heteroatoms. The fourth-order valence-corrected chi connectivity index (χ4v) is 2.17. The van der Waals surface area contributed by atoms with Crippen LogP contribution < -0.4 is 5.73 Å². The zero-order chi connectivity index (χ0) is 11.6. The van der Waals surface area contributed by atoms with Crippen LogP contribution in [0.3, 0.4) is 0 Å². The molecule has 0 aromatic rings. The lowest BCUT2D eigenvalue weighted by atomic mass is 10.8. The smallest absolute Gasteiger partial charge is 0.156 e. The van der Waals surface area contributed by atoms with E-state index in [0.29, 0.717) is 17.5 Å². The van der Waals surface area contributed by atoms with Crippen LogP contribution in [0.5, 0.6) is 0 Å². The van der Waals surface area contributed by atoms with E-state index in [1.165, 1.54) is 11.5 Å². The Labute approximate surface area is 87.4 Å². The van der Waals surface area contributed by atoms with Crippen molar-refractivity contribution in [2.75, 3.05) is 30.4 Å². The molecule has 14 heavy (non-hydrogen) atoms. The first-order valence-electron chi connectivity index (χ1n) is 4.06. The highest BCUT2D eigenvalue weighted by Gasteiger charge is 2.12. The lowest BCUT2D eigenvalue weighted by molar-refractivity contribution is -0.360. The predicted octanol–water partition coefficient (Wildman–Crippen LogP) is -2.48. The van der Waals surface area contributed by atoms with Crippen LogP contribution in [0.4, 0.5) is 0 Å². The second kappa shape index (κ2) is 9.69. The van der Waals surface area contributed by atoms with Crippen LogP contribution in [-0.4, -0.2) is 53.0 Å². The summed E-state index contributed by atoms with van der Waals surface area (Å²) in [5, 5.41) is 8.58. The molecule has 0 rings (SSSR count). The number of quaternary nitrogens is 1. The van der Waals surface area contributed by atoms with Crippen LogP contribution in [0.2, 0.25) is 0 Å². The summed E-state index contributed by atoms with van der Waals surface area (Å²) in [6.07, 6.45) is 0. The zero-order valence-electron chi connectivity index (χ0n) is 8.14. The largest absolute Gasteiger partial charge is 0.759 e. The Morgan fingerprint density at radius 1 is 1.36 bits per heavy atom. The van der Waals surface area contributed by atoms with Gasteiger partial charge in [-0.15, -0.1) is 0 Å². The molecule has 4 N–H and O–H groups in total. The van der Waals surface area contributed by atoms with Gasteiger partial charge in [-0.25, -0.2) is 0 Å². The third-order valence-corrected chi connectivity index (χ3v) is 3.66. The van der Waals surface area contributed by atoms with Crippen LogP contribution in [-0.2, 0) is 21.3 Å². The monoisotopic (exact) mass is 247 g/mol. The lowest BCUT2D eigenvalue weighted by Crippen LogP contribution is -2.53.